The van der Waals surface area contributed by atoms with Gasteiger partial charge in [0.05, 0.1) is 18.6 Å². The molecule has 0 unspecified atom stereocenters. The minimum absolute atomic E-state index is 0.111. The van der Waals surface area contributed by atoms with E-state index in [4.69, 9.17) is 4.74 Å². The van der Waals surface area contributed by atoms with Gasteiger partial charge in [-0.3, -0.25) is 19.4 Å². The molecule has 0 saturated carbocycles. The molecule has 4 rings (SSSR count). The summed E-state index contributed by atoms with van der Waals surface area (Å²) in [7, 11) is 1.56. The van der Waals surface area contributed by atoms with Gasteiger partial charge in [-0.1, -0.05) is 6.92 Å². The van der Waals surface area contributed by atoms with Gasteiger partial charge in [0, 0.05) is 24.7 Å². The predicted octanol–water partition coefficient (Wildman–Crippen LogP) is 2.61. The second-order valence-corrected chi connectivity index (χ2v) is 7.93. The predicted molar refractivity (Wildman–Crippen MR) is 118 cm³/mol. The van der Waals surface area contributed by atoms with Gasteiger partial charge in [0.15, 0.2) is 0 Å². The summed E-state index contributed by atoms with van der Waals surface area (Å²) in [5, 5.41) is 5.46. The Morgan fingerprint density at radius 2 is 2.03 bits per heavy atom. The largest absolute Gasteiger partial charge is 0.497 e. The number of methoxy groups -OCH3 is 1. The van der Waals surface area contributed by atoms with Crippen LogP contribution in [0.15, 0.2) is 29.1 Å². The van der Waals surface area contributed by atoms with Crippen molar-refractivity contribution in [3.63, 3.8) is 0 Å². The Labute approximate surface area is 180 Å². The Balaban J connectivity index is 1.63. The van der Waals surface area contributed by atoms with Crippen molar-refractivity contribution in [1.29, 1.82) is 0 Å². The molecule has 1 aromatic carbocycles. The Morgan fingerprint density at radius 3 is 2.74 bits per heavy atom. The first kappa shape index (κ1) is 20.9. The van der Waals surface area contributed by atoms with Gasteiger partial charge >= 0.3 is 0 Å². The fraction of sp³-hybridized carbons (Fsp3) is 0.455. The third kappa shape index (κ3) is 4.26. The normalized spacial score (nSPS) is 20.6. The van der Waals surface area contributed by atoms with E-state index < -0.39 is 17.4 Å². The highest BCUT2D eigenvalue weighted by Crippen LogP contribution is 2.32. The molecule has 1 aromatic heterocycles. The lowest BCUT2D eigenvalue weighted by atomic mass is 9.92. The Hall–Kier alpha value is -3.36. The van der Waals surface area contributed by atoms with Crippen molar-refractivity contribution in [1.82, 2.24) is 9.97 Å². The van der Waals surface area contributed by atoms with Gasteiger partial charge < -0.3 is 20.3 Å². The average molecular weight is 425 g/mol. The maximum absolute atomic E-state index is 13.0. The number of anilines is 3. The Kier molecular flexibility index (Phi) is 5.92. The SMILES string of the molecule is CC[C@@H]1CCCCN1c1nc2c(c(=O)[nH]1)[C@H](C(=O)Nc1ccc(OC)cc1)CC(=O)N2. The molecule has 0 aliphatic carbocycles. The van der Waals surface area contributed by atoms with Crippen LogP contribution in [0.25, 0.3) is 0 Å². The van der Waals surface area contributed by atoms with Crippen molar-refractivity contribution < 1.29 is 14.3 Å². The number of aromatic nitrogens is 2. The summed E-state index contributed by atoms with van der Waals surface area (Å²) in [5.41, 5.74) is 0.355. The molecule has 0 bridgehead atoms. The average Bonchev–Trinajstić information content (AvgIpc) is 2.78. The molecule has 2 aliphatic rings. The van der Waals surface area contributed by atoms with Crippen LogP contribution in [0, 0.1) is 0 Å². The number of amides is 2. The van der Waals surface area contributed by atoms with Crippen LogP contribution in [0.2, 0.25) is 0 Å². The fourth-order valence-electron chi connectivity index (χ4n) is 4.33. The molecule has 1 saturated heterocycles. The third-order valence-corrected chi connectivity index (χ3v) is 5.98. The van der Waals surface area contributed by atoms with E-state index >= 15 is 0 Å². The molecule has 1 fully saturated rings. The zero-order valence-corrected chi connectivity index (χ0v) is 17.7. The molecule has 9 nitrogen and oxygen atoms in total. The van der Waals surface area contributed by atoms with Crippen LogP contribution in [0.3, 0.4) is 0 Å². The highest BCUT2D eigenvalue weighted by Gasteiger charge is 2.35. The number of H-pyrrole nitrogens is 1. The van der Waals surface area contributed by atoms with Gasteiger partial charge in [-0.2, -0.15) is 4.98 Å². The Morgan fingerprint density at radius 1 is 1.26 bits per heavy atom. The van der Waals surface area contributed by atoms with Gasteiger partial charge in [-0.05, 0) is 49.9 Å². The van der Waals surface area contributed by atoms with Crippen LogP contribution < -0.4 is 25.8 Å². The molecule has 31 heavy (non-hydrogen) atoms. The molecule has 3 N–H and O–H groups in total. The summed E-state index contributed by atoms with van der Waals surface area (Å²) in [6, 6.07) is 7.14. The number of piperidine rings is 1. The molecule has 2 aromatic rings. The minimum Gasteiger partial charge on any atom is -0.497 e. The molecular formula is C22H27N5O4. The van der Waals surface area contributed by atoms with Gasteiger partial charge in [-0.25, -0.2) is 0 Å². The fourth-order valence-corrected chi connectivity index (χ4v) is 4.33. The summed E-state index contributed by atoms with van der Waals surface area (Å²) in [4.78, 5) is 47.8. The first-order valence-electron chi connectivity index (χ1n) is 10.7. The zero-order chi connectivity index (χ0) is 22.0. The first-order chi connectivity index (χ1) is 15.0. The second kappa shape index (κ2) is 8.79. The van der Waals surface area contributed by atoms with Crippen LogP contribution in [0.4, 0.5) is 17.5 Å². The minimum atomic E-state index is -0.917. The van der Waals surface area contributed by atoms with Crippen LogP contribution >= 0.6 is 0 Å². The molecule has 0 radical (unpaired) electrons. The number of nitrogens with zero attached hydrogens (tertiary/aromatic N) is 2. The molecule has 2 aliphatic heterocycles. The second-order valence-electron chi connectivity index (χ2n) is 7.93. The lowest BCUT2D eigenvalue weighted by molar-refractivity contribution is -0.123. The van der Waals surface area contributed by atoms with E-state index in [0.29, 0.717) is 23.4 Å². The van der Waals surface area contributed by atoms with E-state index in [1.54, 1.807) is 31.4 Å². The number of benzene rings is 1. The number of aromatic amines is 1. The summed E-state index contributed by atoms with van der Waals surface area (Å²) < 4.78 is 5.12. The van der Waals surface area contributed by atoms with Crippen molar-refractivity contribution in [2.24, 2.45) is 0 Å². The van der Waals surface area contributed by atoms with Crippen LogP contribution in [-0.2, 0) is 9.59 Å². The highest BCUT2D eigenvalue weighted by molar-refractivity contribution is 6.04. The smallest absolute Gasteiger partial charge is 0.258 e. The topological polar surface area (TPSA) is 116 Å². The van der Waals surface area contributed by atoms with Gasteiger partial charge in [0.1, 0.15) is 11.6 Å². The van der Waals surface area contributed by atoms with Crippen LogP contribution in [-0.4, -0.2) is 41.5 Å². The van der Waals surface area contributed by atoms with Crippen LogP contribution in [0.5, 0.6) is 5.75 Å². The molecule has 2 atom stereocenters. The maximum atomic E-state index is 13.0. The number of hydrogen-bond donors (Lipinski definition) is 3. The number of carbonyl (C=O) groups is 2. The lowest BCUT2D eigenvalue weighted by Gasteiger charge is -2.36. The van der Waals surface area contributed by atoms with E-state index in [-0.39, 0.29) is 23.7 Å². The highest BCUT2D eigenvalue weighted by atomic mass is 16.5. The number of carbonyl (C=O) groups excluding carboxylic acids is 2. The van der Waals surface area contributed by atoms with Gasteiger partial charge in [0.25, 0.3) is 5.56 Å². The van der Waals surface area contributed by atoms with E-state index in [2.05, 4.69) is 32.4 Å². The number of hydrogen-bond acceptors (Lipinski definition) is 6. The summed E-state index contributed by atoms with van der Waals surface area (Å²) >= 11 is 0. The number of rotatable bonds is 5. The van der Waals surface area contributed by atoms with Crippen molar-refractivity contribution in [3.8, 4) is 5.75 Å². The van der Waals surface area contributed by atoms with E-state index in [0.717, 1.165) is 32.2 Å². The molecule has 0 spiro atoms. The number of nitrogens with one attached hydrogen (secondary N) is 3. The zero-order valence-electron chi connectivity index (χ0n) is 17.7. The summed E-state index contributed by atoms with van der Waals surface area (Å²) in [6.07, 6.45) is 4.04. The third-order valence-electron chi connectivity index (χ3n) is 5.98. The van der Waals surface area contributed by atoms with E-state index in [1.807, 2.05) is 0 Å². The molecule has 3 heterocycles. The van der Waals surface area contributed by atoms with Gasteiger partial charge in [-0.15, -0.1) is 0 Å². The quantitative estimate of drug-likeness (QED) is 0.678. The van der Waals surface area contributed by atoms with E-state index in [1.165, 1.54) is 0 Å². The maximum Gasteiger partial charge on any atom is 0.258 e. The van der Waals surface area contributed by atoms with Crippen LogP contribution in [0.1, 0.15) is 50.5 Å². The molecule has 164 valence electrons. The van der Waals surface area contributed by atoms with Crippen molar-refractivity contribution in [3.05, 3.63) is 40.2 Å². The Bertz CT molecular complexity index is 1030. The first-order valence-corrected chi connectivity index (χ1v) is 10.7. The summed E-state index contributed by atoms with van der Waals surface area (Å²) in [6.45, 7) is 2.91. The standard InChI is InChI=1S/C22H27N5O4/c1-3-14-6-4-5-11-27(14)22-25-19-18(21(30)26-22)16(12-17(28)24-19)20(29)23-13-7-9-15(31-2)10-8-13/h7-10,14,16H,3-6,11-12H2,1-2H3,(H,23,29)(H2,24,25,26,28,30)/t14-,16-/m1/s1. The molecular weight excluding hydrogens is 398 g/mol. The molecule has 2 amide bonds. The van der Waals surface area contributed by atoms with E-state index in [9.17, 15) is 14.4 Å². The monoisotopic (exact) mass is 425 g/mol. The molecule has 9 heteroatoms. The van der Waals surface area contributed by atoms with Crippen molar-refractivity contribution in [2.75, 3.05) is 29.2 Å². The van der Waals surface area contributed by atoms with Crippen molar-refractivity contribution in [2.45, 2.75) is 51.0 Å². The number of ether oxygens (including phenoxy) is 1. The summed E-state index contributed by atoms with van der Waals surface area (Å²) in [5.74, 6) is -0.393. The van der Waals surface area contributed by atoms with Gasteiger partial charge in [0.2, 0.25) is 17.8 Å². The lowest BCUT2D eigenvalue weighted by Crippen LogP contribution is -2.43. The van der Waals surface area contributed by atoms with Crippen molar-refractivity contribution >= 4 is 29.3 Å². The number of fused-ring (bicyclic) bond motifs is 1.